The maximum Gasteiger partial charge on any atom is 0.336 e. The quantitative estimate of drug-likeness (QED) is 0.137. The Balaban J connectivity index is 1.41. The van der Waals surface area contributed by atoms with Gasteiger partial charge in [0.15, 0.2) is 5.76 Å². The van der Waals surface area contributed by atoms with Crippen LogP contribution in [0.1, 0.15) is 68.7 Å². The lowest BCUT2D eigenvalue weighted by atomic mass is 9.87. The lowest BCUT2D eigenvalue weighted by Gasteiger charge is -2.19. The van der Waals surface area contributed by atoms with Crippen molar-refractivity contribution < 1.29 is 23.4 Å². The van der Waals surface area contributed by atoms with Crippen LogP contribution in [0.4, 0.5) is 0 Å². The fraction of sp³-hybridized carbons (Fsp3) is 0.244. The Bertz CT molecular complexity index is 2200. The first-order valence-electron chi connectivity index (χ1n) is 16.4. The highest BCUT2D eigenvalue weighted by Crippen LogP contribution is 2.35. The van der Waals surface area contributed by atoms with E-state index in [1.54, 1.807) is 56.6 Å². The maximum atomic E-state index is 13.4. The van der Waals surface area contributed by atoms with E-state index >= 15 is 0 Å². The molecule has 256 valence electrons. The average molecular weight is 672 g/mol. The number of aromatic amines is 1. The standard InChI is InChI=1S/C41H41N3O6/c1-40(2,3)26-11-16-28(17-12-26)47-35-21-20-32(42-35)37(48-30-15-9-25-10-22-36(45)50-34(25)23-30)33-24-31(39(46)44(7)8)38(43-33)49-29-18-13-27(14-19-29)41(4,5)6/h9-24,43H,1-8H3/b37-32+. The van der Waals surface area contributed by atoms with Crippen LogP contribution in [0.25, 0.3) is 16.7 Å². The number of nitrogens with one attached hydrogen (secondary N) is 1. The molecule has 3 aromatic carbocycles. The zero-order chi connectivity index (χ0) is 35.8. The van der Waals surface area contributed by atoms with Crippen molar-refractivity contribution in [2.24, 2.45) is 4.99 Å². The molecule has 0 spiro atoms. The second-order valence-electron chi connectivity index (χ2n) is 14.4. The lowest BCUT2D eigenvalue weighted by Crippen LogP contribution is -2.21. The van der Waals surface area contributed by atoms with Gasteiger partial charge in [-0.3, -0.25) is 4.79 Å². The van der Waals surface area contributed by atoms with Crippen LogP contribution in [0.3, 0.4) is 0 Å². The minimum Gasteiger partial charge on any atom is -0.453 e. The summed E-state index contributed by atoms with van der Waals surface area (Å²) >= 11 is 0. The van der Waals surface area contributed by atoms with Crippen LogP contribution in [0.15, 0.2) is 117 Å². The number of carbonyl (C=O) groups excluding carboxylic acids is 1. The lowest BCUT2D eigenvalue weighted by molar-refractivity contribution is 0.0825. The van der Waals surface area contributed by atoms with Gasteiger partial charge in [0.2, 0.25) is 11.8 Å². The van der Waals surface area contributed by atoms with Gasteiger partial charge < -0.3 is 28.5 Å². The van der Waals surface area contributed by atoms with E-state index in [-0.39, 0.29) is 22.6 Å². The van der Waals surface area contributed by atoms with Crippen molar-refractivity contribution in [3.8, 4) is 23.1 Å². The van der Waals surface area contributed by atoms with Gasteiger partial charge in [-0.25, -0.2) is 9.79 Å². The average Bonchev–Trinajstić information content (AvgIpc) is 3.70. The Morgan fingerprint density at radius 1 is 0.740 bits per heavy atom. The van der Waals surface area contributed by atoms with Gasteiger partial charge in [-0.15, -0.1) is 0 Å². The number of rotatable bonds is 7. The third-order valence-corrected chi connectivity index (χ3v) is 8.21. The van der Waals surface area contributed by atoms with Crippen molar-refractivity contribution >= 4 is 28.5 Å². The predicted octanol–water partition coefficient (Wildman–Crippen LogP) is 9.01. The van der Waals surface area contributed by atoms with Crippen LogP contribution >= 0.6 is 0 Å². The number of allylic oxidation sites excluding steroid dienone is 1. The van der Waals surface area contributed by atoms with E-state index in [1.165, 1.54) is 16.5 Å². The fourth-order valence-electron chi connectivity index (χ4n) is 5.32. The molecule has 1 amide bonds. The predicted molar refractivity (Wildman–Crippen MR) is 196 cm³/mol. The first-order valence-corrected chi connectivity index (χ1v) is 16.4. The van der Waals surface area contributed by atoms with Gasteiger partial charge in [-0.1, -0.05) is 65.8 Å². The van der Waals surface area contributed by atoms with E-state index in [2.05, 4.69) is 46.5 Å². The molecule has 0 saturated heterocycles. The third kappa shape index (κ3) is 7.57. The Morgan fingerprint density at radius 3 is 1.92 bits per heavy atom. The number of fused-ring (bicyclic) bond motifs is 1. The molecule has 0 fully saturated rings. The van der Waals surface area contributed by atoms with E-state index in [1.807, 2.05) is 48.5 Å². The highest BCUT2D eigenvalue weighted by molar-refractivity contribution is 5.98. The van der Waals surface area contributed by atoms with Crippen LogP contribution in [0.2, 0.25) is 0 Å². The van der Waals surface area contributed by atoms with Gasteiger partial charge in [0.1, 0.15) is 34.1 Å². The molecular formula is C41H41N3O6. The summed E-state index contributed by atoms with van der Waals surface area (Å²) in [7, 11) is 3.36. The van der Waals surface area contributed by atoms with E-state index in [4.69, 9.17) is 23.6 Å². The van der Waals surface area contributed by atoms with Crippen LogP contribution in [-0.4, -0.2) is 35.8 Å². The zero-order valence-corrected chi connectivity index (χ0v) is 29.6. The molecular weight excluding hydrogens is 630 g/mol. The van der Waals surface area contributed by atoms with E-state index < -0.39 is 5.63 Å². The van der Waals surface area contributed by atoms with Gasteiger partial charge >= 0.3 is 5.63 Å². The topological polar surface area (TPSA) is 106 Å². The molecule has 0 radical (unpaired) electrons. The maximum absolute atomic E-state index is 13.4. The van der Waals surface area contributed by atoms with Crippen LogP contribution in [-0.2, 0) is 10.8 Å². The molecule has 50 heavy (non-hydrogen) atoms. The van der Waals surface area contributed by atoms with Gasteiger partial charge in [-0.05, 0) is 76.6 Å². The highest BCUT2D eigenvalue weighted by atomic mass is 16.5. The largest absolute Gasteiger partial charge is 0.453 e. The number of hydrogen-bond acceptors (Lipinski definition) is 7. The summed E-state index contributed by atoms with van der Waals surface area (Å²) in [5.74, 6) is 2.23. The highest BCUT2D eigenvalue weighted by Gasteiger charge is 2.25. The van der Waals surface area contributed by atoms with E-state index in [0.29, 0.717) is 51.4 Å². The number of ether oxygens (including phenoxy) is 3. The van der Waals surface area contributed by atoms with Crippen molar-refractivity contribution in [3.63, 3.8) is 0 Å². The SMILES string of the molecule is CN(C)C(=O)c1cc(/C(Oc2ccc3ccc(=O)oc3c2)=C2/C=CC(Oc3ccc(C(C)(C)C)cc3)=N2)[nH]c1Oc1ccc(C(C)(C)C)cc1. The first kappa shape index (κ1) is 34.0. The van der Waals surface area contributed by atoms with Crippen LogP contribution in [0, 0.1) is 0 Å². The molecule has 1 N–H and O–H groups in total. The van der Waals surface area contributed by atoms with E-state index in [0.717, 1.165) is 10.9 Å². The number of aliphatic imine (C=N–C) groups is 1. The molecule has 3 heterocycles. The van der Waals surface area contributed by atoms with Gasteiger partial charge in [0.05, 0.1) is 5.69 Å². The van der Waals surface area contributed by atoms with Gasteiger partial charge in [-0.2, -0.15) is 0 Å². The zero-order valence-electron chi connectivity index (χ0n) is 29.6. The summed E-state index contributed by atoms with van der Waals surface area (Å²) in [6, 6.07) is 25.6. The molecule has 9 heteroatoms. The summed E-state index contributed by atoms with van der Waals surface area (Å²) in [5, 5.41) is 0.741. The summed E-state index contributed by atoms with van der Waals surface area (Å²) in [6.07, 6.45) is 3.52. The molecule has 0 bridgehead atoms. The first-order chi connectivity index (χ1) is 23.6. The van der Waals surface area contributed by atoms with Gasteiger partial charge in [0.25, 0.3) is 5.91 Å². The molecule has 0 unspecified atom stereocenters. The van der Waals surface area contributed by atoms with Crippen LogP contribution in [0.5, 0.6) is 23.1 Å². The Kier molecular flexibility index (Phi) is 9.01. The number of carbonyl (C=O) groups is 1. The molecule has 0 saturated carbocycles. The van der Waals surface area contributed by atoms with Gasteiger partial charge in [0, 0.05) is 37.7 Å². The number of H-pyrrole nitrogens is 1. The number of nitrogens with zero attached hydrogens (tertiary/aromatic N) is 2. The monoisotopic (exact) mass is 671 g/mol. The number of aromatic nitrogens is 1. The molecule has 1 aliphatic heterocycles. The smallest absolute Gasteiger partial charge is 0.336 e. The number of amides is 1. The molecule has 0 atom stereocenters. The molecule has 2 aromatic heterocycles. The summed E-state index contributed by atoms with van der Waals surface area (Å²) in [4.78, 5) is 34.9. The Morgan fingerprint density at radius 2 is 1.32 bits per heavy atom. The van der Waals surface area contributed by atoms with Crippen molar-refractivity contribution in [2.45, 2.75) is 52.4 Å². The van der Waals surface area contributed by atoms with Crippen molar-refractivity contribution in [2.75, 3.05) is 14.1 Å². The minimum absolute atomic E-state index is 0.0120. The van der Waals surface area contributed by atoms with Crippen molar-refractivity contribution in [1.29, 1.82) is 0 Å². The summed E-state index contributed by atoms with van der Waals surface area (Å²) < 4.78 is 24.3. The minimum atomic E-state index is -0.470. The summed E-state index contributed by atoms with van der Waals surface area (Å²) in [6.45, 7) is 12.9. The molecule has 1 aliphatic rings. The van der Waals surface area contributed by atoms with Crippen molar-refractivity contribution in [1.82, 2.24) is 9.88 Å². The Labute approximate surface area is 291 Å². The normalized spacial score (nSPS) is 14.0. The Hall–Kier alpha value is -5.83. The molecule has 6 rings (SSSR count). The molecule has 5 aromatic rings. The second kappa shape index (κ2) is 13.2. The fourth-order valence-corrected chi connectivity index (χ4v) is 5.32. The third-order valence-electron chi connectivity index (χ3n) is 8.21. The van der Waals surface area contributed by atoms with Crippen molar-refractivity contribution in [3.05, 3.63) is 136 Å². The molecule has 0 aliphatic carbocycles. The second-order valence-corrected chi connectivity index (χ2v) is 14.4. The summed E-state index contributed by atoms with van der Waals surface area (Å²) in [5.41, 5.74) is 3.40. The van der Waals surface area contributed by atoms with Crippen LogP contribution < -0.4 is 19.8 Å². The molecule has 9 nitrogen and oxygen atoms in total. The van der Waals surface area contributed by atoms with E-state index in [9.17, 15) is 9.59 Å². The number of benzene rings is 3. The number of hydrogen-bond donors (Lipinski definition) is 1.